The van der Waals surface area contributed by atoms with Gasteiger partial charge in [0.25, 0.3) is 0 Å². The molecule has 1 aromatic rings. The number of rotatable bonds is 3. The molecule has 0 bridgehead atoms. The van der Waals surface area contributed by atoms with Gasteiger partial charge < -0.3 is 10.0 Å². The quantitative estimate of drug-likeness (QED) is 0.858. The molecule has 1 unspecified atom stereocenters. The molecule has 2 heterocycles. The molecule has 19 heavy (non-hydrogen) atoms. The molecule has 0 spiro atoms. The number of carboxylic acids is 1. The third-order valence-corrected chi connectivity index (χ3v) is 3.08. The molecular formula is C12H16N4O3. The van der Waals surface area contributed by atoms with Gasteiger partial charge in [0.2, 0.25) is 5.95 Å². The van der Waals surface area contributed by atoms with Crippen LogP contribution < -0.4 is 5.32 Å². The van der Waals surface area contributed by atoms with E-state index in [9.17, 15) is 9.59 Å². The number of likely N-dealkylation sites (tertiary alicyclic amines) is 1. The van der Waals surface area contributed by atoms with E-state index in [4.69, 9.17) is 5.11 Å². The Morgan fingerprint density at radius 1 is 1.37 bits per heavy atom. The van der Waals surface area contributed by atoms with E-state index in [-0.39, 0.29) is 24.4 Å². The Kier molecular flexibility index (Phi) is 4.27. The zero-order valence-corrected chi connectivity index (χ0v) is 10.5. The van der Waals surface area contributed by atoms with Crippen LogP contribution in [0.3, 0.4) is 0 Å². The minimum Gasteiger partial charge on any atom is -0.481 e. The molecule has 0 radical (unpaired) electrons. The molecular weight excluding hydrogens is 248 g/mol. The van der Waals surface area contributed by atoms with Crippen molar-refractivity contribution in [1.29, 1.82) is 0 Å². The third-order valence-electron chi connectivity index (χ3n) is 3.08. The van der Waals surface area contributed by atoms with Crippen molar-refractivity contribution in [3.05, 3.63) is 18.5 Å². The number of piperidine rings is 1. The number of carboxylic acid groups (broad SMARTS) is 1. The van der Waals surface area contributed by atoms with E-state index in [0.29, 0.717) is 6.54 Å². The van der Waals surface area contributed by atoms with Crippen LogP contribution in [0.25, 0.3) is 0 Å². The van der Waals surface area contributed by atoms with E-state index >= 15 is 0 Å². The van der Waals surface area contributed by atoms with E-state index < -0.39 is 5.97 Å². The van der Waals surface area contributed by atoms with Crippen molar-refractivity contribution in [2.75, 3.05) is 11.9 Å². The summed E-state index contributed by atoms with van der Waals surface area (Å²) >= 11 is 0. The first-order chi connectivity index (χ1) is 9.16. The summed E-state index contributed by atoms with van der Waals surface area (Å²) in [5, 5.41) is 11.5. The minimum atomic E-state index is -0.888. The van der Waals surface area contributed by atoms with Gasteiger partial charge in [0.1, 0.15) is 0 Å². The van der Waals surface area contributed by atoms with Gasteiger partial charge in [0.05, 0.1) is 6.42 Å². The summed E-state index contributed by atoms with van der Waals surface area (Å²) in [7, 11) is 0. The third kappa shape index (κ3) is 3.64. The monoisotopic (exact) mass is 264 g/mol. The lowest BCUT2D eigenvalue weighted by Crippen LogP contribution is -2.46. The number of anilines is 1. The standard InChI is InChI=1S/C12H16N4O3/c17-10(18)8-9-4-1-2-7-16(9)12(19)15-11-13-5-3-6-14-11/h3,5-6,9H,1-2,4,7-8H2,(H,17,18)(H,13,14,15,19). The first-order valence-electron chi connectivity index (χ1n) is 6.23. The molecule has 1 aliphatic heterocycles. The molecule has 1 saturated heterocycles. The second-order valence-electron chi connectivity index (χ2n) is 4.44. The van der Waals surface area contributed by atoms with E-state index in [1.165, 1.54) is 12.4 Å². The highest BCUT2D eigenvalue weighted by molar-refractivity contribution is 5.88. The first-order valence-corrected chi connectivity index (χ1v) is 6.23. The van der Waals surface area contributed by atoms with Crippen LogP contribution in [0.15, 0.2) is 18.5 Å². The predicted molar refractivity (Wildman–Crippen MR) is 67.6 cm³/mol. The fourth-order valence-corrected chi connectivity index (χ4v) is 2.21. The second kappa shape index (κ2) is 6.12. The van der Waals surface area contributed by atoms with Crippen LogP contribution in [-0.2, 0) is 4.79 Å². The molecule has 7 nitrogen and oxygen atoms in total. The lowest BCUT2D eigenvalue weighted by Gasteiger charge is -2.34. The summed E-state index contributed by atoms with van der Waals surface area (Å²) in [6.45, 7) is 0.566. The Morgan fingerprint density at radius 3 is 2.79 bits per heavy atom. The number of hydrogen-bond donors (Lipinski definition) is 2. The average Bonchev–Trinajstić information content (AvgIpc) is 2.39. The maximum absolute atomic E-state index is 12.1. The predicted octanol–water partition coefficient (Wildman–Crippen LogP) is 1.34. The second-order valence-corrected chi connectivity index (χ2v) is 4.44. The molecule has 1 aliphatic rings. The molecule has 7 heteroatoms. The van der Waals surface area contributed by atoms with E-state index in [0.717, 1.165) is 19.3 Å². The van der Waals surface area contributed by atoms with Crippen LogP contribution in [0.4, 0.5) is 10.7 Å². The number of aromatic nitrogens is 2. The van der Waals surface area contributed by atoms with Gasteiger partial charge >= 0.3 is 12.0 Å². The number of carbonyl (C=O) groups is 2. The lowest BCUT2D eigenvalue weighted by molar-refractivity contribution is -0.138. The van der Waals surface area contributed by atoms with Crippen molar-refractivity contribution in [1.82, 2.24) is 14.9 Å². The van der Waals surface area contributed by atoms with Crippen molar-refractivity contribution in [3.8, 4) is 0 Å². The topological polar surface area (TPSA) is 95.4 Å². The molecule has 102 valence electrons. The minimum absolute atomic E-state index is 0.0247. The zero-order chi connectivity index (χ0) is 13.7. The SMILES string of the molecule is O=C(O)CC1CCCCN1C(=O)Nc1ncccn1. The Bertz CT molecular complexity index is 452. The van der Waals surface area contributed by atoms with Crippen molar-refractivity contribution < 1.29 is 14.7 Å². The molecule has 1 aromatic heterocycles. The molecule has 0 aromatic carbocycles. The van der Waals surface area contributed by atoms with Crippen LogP contribution in [0, 0.1) is 0 Å². The van der Waals surface area contributed by atoms with Crippen LogP contribution in [0.2, 0.25) is 0 Å². The first kappa shape index (κ1) is 13.3. The summed E-state index contributed by atoms with van der Waals surface area (Å²) in [6, 6.07) is 1.07. The smallest absolute Gasteiger partial charge is 0.324 e. The molecule has 2 rings (SSSR count). The fraction of sp³-hybridized carbons (Fsp3) is 0.500. The number of aliphatic carboxylic acids is 1. The zero-order valence-electron chi connectivity index (χ0n) is 10.5. The normalized spacial score (nSPS) is 18.9. The van der Waals surface area contributed by atoms with Gasteiger partial charge in [-0.1, -0.05) is 0 Å². The Labute approximate surface area is 110 Å². The molecule has 0 aliphatic carbocycles. The number of hydrogen-bond acceptors (Lipinski definition) is 4. The van der Waals surface area contributed by atoms with Gasteiger partial charge in [-0.3, -0.25) is 10.1 Å². The molecule has 0 saturated carbocycles. The Hall–Kier alpha value is -2.18. The number of amides is 2. The van der Waals surface area contributed by atoms with Crippen LogP contribution in [0.1, 0.15) is 25.7 Å². The van der Waals surface area contributed by atoms with Gasteiger partial charge in [-0.15, -0.1) is 0 Å². The average molecular weight is 264 g/mol. The van der Waals surface area contributed by atoms with Crippen molar-refractivity contribution in [3.63, 3.8) is 0 Å². The van der Waals surface area contributed by atoms with Gasteiger partial charge in [-0.05, 0) is 25.3 Å². The van der Waals surface area contributed by atoms with Crippen LogP contribution in [-0.4, -0.2) is 44.6 Å². The van der Waals surface area contributed by atoms with Crippen molar-refractivity contribution in [2.45, 2.75) is 31.7 Å². The van der Waals surface area contributed by atoms with Gasteiger partial charge in [0, 0.05) is 25.0 Å². The number of nitrogens with one attached hydrogen (secondary N) is 1. The van der Waals surface area contributed by atoms with E-state index in [2.05, 4.69) is 15.3 Å². The van der Waals surface area contributed by atoms with E-state index in [1.807, 2.05) is 0 Å². The lowest BCUT2D eigenvalue weighted by atomic mass is 10.00. The van der Waals surface area contributed by atoms with Crippen molar-refractivity contribution in [2.24, 2.45) is 0 Å². The molecule has 2 N–H and O–H groups in total. The maximum atomic E-state index is 12.1. The molecule has 2 amide bonds. The Morgan fingerprint density at radius 2 is 2.11 bits per heavy atom. The summed E-state index contributed by atoms with van der Waals surface area (Å²) in [4.78, 5) is 32.3. The maximum Gasteiger partial charge on any atom is 0.324 e. The highest BCUT2D eigenvalue weighted by atomic mass is 16.4. The van der Waals surface area contributed by atoms with Gasteiger partial charge in [-0.2, -0.15) is 0 Å². The summed E-state index contributed by atoms with van der Waals surface area (Å²) in [5.41, 5.74) is 0. The molecule has 1 atom stereocenters. The summed E-state index contributed by atoms with van der Waals surface area (Å²) < 4.78 is 0. The highest BCUT2D eigenvalue weighted by Crippen LogP contribution is 2.20. The fourth-order valence-electron chi connectivity index (χ4n) is 2.21. The van der Waals surface area contributed by atoms with Crippen LogP contribution >= 0.6 is 0 Å². The molecule has 1 fully saturated rings. The van der Waals surface area contributed by atoms with Gasteiger partial charge in [0.15, 0.2) is 0 Å². The number of carbonyl (C=O) groups excluding carboxylic acids is 1. The largest absolute Gasteiger partial charge is 0.481 e. The van der Waals surface area contributed by atoms with E-state index in [1.54, 1.807) is 11.0 Å². The Balaban J connectivity index is 2.01. The number of nitrogens with zero attached hydrogens (tertiary/aromatic N) is 3. The summed E-state index contributed by atoms with van der Waals surface area (Å²) in [5.74, 6) is -0.659. The van der Waals surface area contributed by atoms with Crippen LogP contribution in [0.5, 0.6) is 0 Å². The highest BCUT2D eigenvalue weighted by Gasteiger charge is 2.28. The van der Waals surface area contributed by atoms with Gasteiger partial charge in [-0.25, -0.2) is 14.8 Å². The number of urea groups is 1. The summed E-state index contributed by atoms with van der Waals surface area (Å²) in [6.07, 6.45) is 5.60. The van der Waals surface area contributed by atoms with Crippen molar-refractivity contribution >= 4 is 17.9 Å².